The third kappa shape index (κ3) is 4.53. The smallest absolute Gasteiger partial charge is 0.337 e. The summed E-state index contributed by atoms with van der Waals surface area (Å²) < 4.78 is 7.91. The average Bonchev–Trinajstić information content (AvgIpc) is 3.14. The molecule has 0 amide bonds. The molecule has 0 fully saturated rings. The maximum Gasteiger partial charge on any atom is 0.337 e. The number of aryl methyl sites for hydroxylation is 3. The summed E-state index contributed by atoms with van der Waals surface area (Å²) in [6.07, 6.45) is 0.895. The lowest BCUT2D eigenvalue weighted by Crippen LogP contribution is -2.08. The number of carbonyl (C=O) groups is 1. The van der Waals surface area contributed by atoms with Crippen molar-refractivity contribution < 1.29 is 14.6 Å². The van der Waals surface area contributed by atoms with E-state index in [4.69, 9.17) is 9.84 Å². The van der Waals surface area contributed by atoms with E-state index in [0.717, 1.165) is 45.8 Å². The number of aromatic carboxylic acids is 1. The first-order valence-electron chi connectivity index (χ1n) is 11.4. The molecule has 0 aliphatic heterocycles. The molecule has 0 atom stereocenters. The largest absolute Gasteiger partial charge is 0.493 e. The van der Waals surface area contributed by atoms with Crippen molar-refractivity contribution in [1.82, 2.24) is 9.78 Å². The Labute approximate surface area is 199 Å². The molecular formula is C28H29N3O3. The third-order valence-electron chi connectivity index (χ3n) is 5.68. The van der Waals surface area contributed by atoms with Gasteiger partial charge in [0.05, 0.1) is 34.8 Å². The number of anilines is 2. The first-order chi connectivity index (χ1) is 16.4. The molecule has 6 nitrogen and oxygen atoms in total. The number of hydrogen-bond acceptors (Lipinski definition) is 4. The van der Waals surface area contributed by atoms with Crippen LogP contribution in [0.3, 0.4) is 0 Å². The van der Waals surface area contributed by atoms with Crippen LogP contribution < -0.4 is 10.1 Å². The zero-order valence-electron chi connectivity index (χ0n) is 19.9. The fourth-order valence-electron chi connectivity index (χ4n) is 4.02. The van der Waals surface area contributed by atoms with Crippen LogP contribution in [0.15, 0.2) is 66.7 Å². The van der Waals surface area contributed by atoms with E-state index < -0.39 is 5.97 Å². The summed E-state index contributed by atoms with van der Waals surface area (Å²) in [5.74, 6) is 0.464. The molecule has 4 rings (SSSR count). The Kier molecular flexibility index (Phi) is 6.68. The summed E-state index contributed by atoms with van der Waals surface area (Å²) in [4.78, 5) is 12.0. The van der Waals surface area contributed by atoms with Crippen LogP contribution in [0.1, 0.15) is 40.5 Å². The molecule has 0 aliphatic rings. The predicted octanol–water partition coefficient (Wildman–Crippen LogP) is 6.70. The van der Waals surface area contributed by atoms with Crippen LogP contribution >= 0.6 is 0 Å². The van der Waals surface area contributed by atoms with Gasteiger partial charge >= 0.3 is 5.97 Å². The van der Waals surface area contributed by atoms with Crippen LogP contribution in [0, 0.1) is 20.8 Å². The van der Waals surface area contributed by atoms with Crippen LogP contribution in [0.4, 0.5) is 11.5 Å². The fraction of sp³-hybridized carbons (Fsp3) is 0.214. The number of nitrogens with one attached hydrogen (secondary N) is 1. The second-order valence-electron chi connectivity index (χ2n) is 8.33. The van der Waals surface area contributed by atoms with Crippen LogP contribution in [0.5, 0.6) is 5.75 Å². The molecule has 4 aromatic rings. The van der Waals surface area contributed by atoms with E-state index in [-0.39, 0.29) is 5.56 Å². The lowest BCUT2D eigenvalue weighted by Gasteiger charge is -2.17. The van der Waals surface area contributed by atoms with Crippen molar-refractivity contribution in [2.24, 2.45) is 0 Å². The van der Waals surface area contributed by atoms with E-state index >= 15 is 0 Å². The van der Waals surface area contributed by atoms with Crippen molar-refractivity contribution in [3.05, 3.63) is 89.1 Å². The Morgan fingerprint density at radius 1 is 1.03 bits per heavy atom. The number of aromatic nitrogens is 2. The molecule has 0 spiro atoms. The molecule has 0 saturated carbocycles. The molecule has 6 heteroatoms. The number of carboxylic acid groups (broad SMARTS) is 1. The SMILES string of the molecule is CCCOc1ccccc1-c1c(C)nn(-c2ccccc2C)c1Nc1ccc(C)cc1C(=O)O. The summed E-state index contributed by atoms with van der Waals surface area (Å²) in [6.45, 7) is 8.54. The highest BCUT2D eigenvalue weighted by Gasteiger charge is 2.23. The molecule has 0 bridgehead atoms. The Balaban J connectivity index is 1.97. The van der Waals surface area contributed by atoms with E-state index in [2.05, 4.69) is 12.2 Å². The molecule has 174 valence electrons. The van der Waals surface area contributed by atoms with Crippen molar-refractivity contribution in [1.29, 1.82) is 0 Å². The minimum Gasteiger partial charge on any atom is -0.493 e. The van der Waals surface area contributed by atoms with Gasteiger partial charge in [0.1, 0.15) is 11.6 Å². The summed E-state index contributed by atoms with van der Waals surface area (Å²) in [5, 5.41) is 18.1. The van der Waals surface area contributed by atoms with Crippen molar-refractivity contribution in [2.75, 3.05) is 11.9 Å². The summed E-state index contributed by atoms with van der Waals surface area (Å²) in [5.41, 5.74) is 6.13. The zero-order valence-corrected chi connectivity index (χ0v) is 19.9. The Morgan fingerprint density at radius 2 is 1.76 bits per heavy atom. The van der Waals surface area contributed by atoms with Crippen molar-refractivity contribution in [2.45, 2.75) is 34.1 Å². The molecule has 0 radical (unpaired) electrons. The van der Waals surface area contributed by atoms with Gasteiger partial charge in [0.25, 0.3) is 0 Å². The van der Waals surface area contributed by atoms with Crippen LogP contribution in [-0.2, 0) is 0 Å². The topological polar surface area (TPSA) is 76.4 Å². The van der Waals surface area contributed by atoms with E-state index in [1.54, 1.807) is 12.1 Å². The number of ether oxygens (including phenoxy) is 1. The zero-order chi connectivity index (χ0) is 24.2. The van der Waals surface area contributed by atoms with Crippen molar-refractivity contribution >= 4 is 17.5 Å². The summed E-state index contributed by atoms with van der Waals surface area (Å²) in [7, 11) is 0. The van der Waals surface area contributed by atoms with Gasteiger partial charge < -0.3 is 15.2 Å². The monoisotopic (exact) mass is 455 g/mol. The number of para-hydroxylation sites is 2. The molecule has 2 N–H and O–H groups in total. The summed E-state index contributed by atoms with van der Waals surface area (Å²) >= 11 is 0. The predicted molar refractivity (Wildman–Crippen MR) is 136 cm³/mol. The van der Waals surface area contributed by atoms with Gasteiger partial charge in [-0.3, -0.25) is 0 Å². The number of rotatable bonds is 8. The molecule has 34 heavy (non-hydrogen) atoms. The number of carboxylic acids is 1. The number of benzene rings is 3. The van der Waals surface area contributed by atoms with Crippen LogP contribution in [0.25, 0.3) is 16.8 Å². The Morgan fingerprint density at radius 3 is 2.50 bits per heavy atom. The minimum absolute atomic E-state index is 0.205. The Hall–Kier alpha value is -4.06. The van der Waals surface area contributed by atoms with E-state index in [0.29, 0.717) is 18.1 Å². The average molecular weight is 456 g/mol. The van der Waals surface area contributed by atoms with Gasteiger partial charge in [0.2, 0.25) is 0 Å². The maximum atomic E-state index is 12.0. The van der Waals surface area contributed by atoms with E-state index in [9.17, 15) is 9.90 Å². The molecule has 3 aromatic carbocycles. The molecule has 0 saturated heterocycles. The normalized spacial score (nSPS) is 10.8. The van der Waals surface area contributed by atoms with Crippen LogP contribution in [0.2, 0.25) is 0 Å². The highest BCUT2D eigenvalue weighted by molar-refractivity contribution is 5.96. The highest BCUT2D eigenvalue weighted by atomic mass is 16.5. The summed E-state index contributed by atoms with van der Waals surface area (Å²) in [6, 6.07) is 21.2. The first-order valence-corrected chi connectivity index (χ1v) is 11.4. The lowest BCUT2D eigenvalue weighted by molar-refractivity contribution is 0.0698. The number of nitrogens with zero attached hydrogens (tertiary/aromatic N) is 2. The molecule has 0 unspecified atom stereocenters. The molecule has 1 heterocycles. The quantitative estimate of drug-likeness (QED) is 0.309. The standard InChI is InChI=1S/C28H29N3O3/c1-5-16-34-25-13-9-7-11-21(25)26-20(4)30-31(24-12-8-6-10-19(24)3)27(26)29-23-15-14-18(2)17-22(23)28(32)33/h6-15,17,29H,5,16H2,1-4H3,(H,32,33). The second kappa shape index (κ2) is 9.83. The van der Waals surface area contributed by atoms with Crippen molar-refractivity contribution in [3.8, 4) is 22.6 Å². The number of hydrogen-bond donors (Lipinski definition) is 2. The second-order valence-corrected chi connectivity index (χ2v) is 8.33. The van der Waals surface area contributed by atoms with E-state index in [1.807, 2.05) is 80.1 Å². The third-order valence-corrected chi connectivity index (χ3v) is 5.68. The van der Waals surface area contributed by atoms with Gasteiger partial charge in [-0.25, -0.2) is 9.48 Å². The van der Waals surface area contributed by atoms with Gasteiger partial charge in [0, 0.05) is 5.56 Å². The maximum absolute atomic E-state index is 12.0. The fourth-order valence-corrected chi connectivity index (χ4v) is 4.02. The lowest BCUT2D eigenvalue weighted by atomic mass is 10.0. The molecule has 1 aromatic heterocycles. The van der Waals surface area contributed by atoms with E-state index in [1.165, 1.54) is 0 Å². The highest BCUT2D eigenvalue weighted by Crippen LogP contribution is 2.40. The minimum atomic E-state index is -0.988. The van der Waals surface area contributed by atoms with Gasteiger partial charge in [-0.05, 0) is 57.0 Å². The van der Waals surface area contributed by atoms with Gasteiger partial charge in [-0.15, -0.1) is 0 Å². The van der Waals surface area contributed by atoms with Crippen molar-refractivity contribution in [3.63, 3.8) is 0 Å². The van der Waals surface area contributed by atoms with Gasteiger partial charge in [0.15, 0.2) is 0 Å². The molecular weight excluding hydrogens is 426 g/mol. The van der Waals surface area contributed by atoms with Gasteiger partial charge in [-0.1, -0.05) is 55.0 Å². The molecule has 0 aliphatic carbocycles. The van der Waals surface area contributed by atoms with Crippen LogP contribution in [-0.4, -0.2) is 27.5 Å². The first kappa shape index (κ1) is 23.1. The Bertz CT molecular complexity index is 1340. The van der Waals surface area contributed by atoms with Gasteiger partial charge in [-0.2, -0.15) is 5.10 Å².